The quantitative estimate of drug-likeness (QED) is 0.845. The predicted octanol–water partition coefficient (Wildman–Crippen LogP) is 2.63. The Balaban J connectivity index is 2.00. The van der Waals surface area contributed by atoms with Gasteiger partial charge in [-0.15, -0.1) is 0 Å². The van der Waals surface area contributed by atoms with E-state index in [-0.39, 0.29) is 17.0 Å². The van der Waals surface area contributed by atoms with Gasteiger partial charge < -0.3 is 25.2 Å². The van der Waals surface area contributed by atoms with Gasteiger partial charge in [0, 0.05) is 6.54 Å². The summed E-state index contributed by atoms with van der Waals surface area (Å²) in [5, 5.41) is 23.2. The molecule has 2 aromatic carbocycles. The molecule has 0 saturated carbocycles. The molecule has 0 amide bonds. The van der Waals surface area contributed by atoms with Gasteiger partial charge in [0.15, 0.2) is 11.5 Å². The van der Waals surface area contributed by atoms with Crippen LogP contribution in [-0.2, 0) is 6.42 Å². The molecule has 122 valence electrons. The SMILES string of the molecule is COc1cc2c(cc1OC)[C@@H](c1ccc(N([O-])O)cc1)NCC2. The van der Waals surface area contributed by atoms with E-state index in [1.54, 1.807) is 26.4 Å². The van der Waals surface area contributed by atoms with Crippen LogP contribution in [0.2, 0.25) is 0 Å². The fourth-order valence-corrected chi connectivity index (χ4v) is 2.97. The van der Waals surface area contributed by atoms with Crippen molar-refractivity contribution in [3.8, 4) is 11.5 Å². The molecule has 1 aliphatic heterocycles. The van der Waals surface area contributed by atoms with Crippen molar-refractivity contribution in [2.45, 2.75) is 12.5 Å². The molecule has 2 aromatic rings. The van der Waals surface area contributed by atoms with E-state index in [2.05, 4.69) is 5.32 Å². The summed E-state index contributed by atoms with van der Waals surface area (Å²) in [5.41, 5.74) is 3.56. The van der Waals surface area contributed by atoms with Crippen LogP contribution in [0.1, 0.15) is 22.7 Å². The van der Waals surface area contributed by atoms with Gasteiger partial charge in [-0.1, -0.05) is 12.1 Å². The first-order chi connectivity index (χ1) is 11.1. The van der Waals surface area contributed by atoms with Gasteiger partial charge in [-0.25, -0.2) is 0 Å². The molecular weight excluding hydrogens is 296 g/mol. The first-order valence-corrected chi connectivity index (χ1v) is 7.38. The topological polar surface area (TPSA) is 77.0 Å². The molecule has 0 aliphatic carbocycles. The smallest absolute Gasteiger partial charge is 0.161 e. The second-order valence-corrected chi connectivity index (χ2v) is 5.41. The molecule has 0 radical (unpaired) electrons. The summed E-state index contributed by atoms with van der Waals surface area (Å²) < 4.78 is 10.8. The highest BCUT2D eigenvalue weighted by Gasteiger charge is 2.23. The van der Waals surface area contributed by atoms with Gasteiger partial charge in [-0.05, 0) is 47.4 Å². The standard InChI is InChI=1S/C17H19N2O4/c1-22-15-9-12-7-8-18-17(14(12)10-16(15)23-2)11-3-5-13(6-4-11)19(20)21/h3-6,9-10,17-18,20H,7-8H2,1-2H3/q-1/t17-/m1/s1. The van der Waals surface area contributed by atoms with Crippen LogP contribution in [0.25, 0.3) is 0 Å². The number of ether oxygens (including phenoxy) is 2. The second-order valence-electron chi connectivity index (χ2n) is 5.41. The Bertz CT molecular complexity index is 686. The van der Waals surface area contributed by atoms with E-state index in [4.69, 9.17) is 14.7 Å². The summed E-state index contributed by atoms with van der Waals surface area (Å²) in [6.07, 6.45) is 0.912. The lowest BCUT2D eigenvalue weighted by molar-refractivity contribution is 0.296. The Kier molecular flexibility index (Phi) is 4.38. The molecule has 0 fully saturated rings. The number of nitrogens with zero attached hydrogens (tertiary/aromatic N) is 1. The minimum atomic E-state index is -0.139. The van der Waals surface area contributed by atoms with Gasteiger partial charge in [0.2, 0.25) is 0 Å². The van der Waals surface area contributed by atoms with Crippen molar-refractivity contribution in [3.05, 3.63) is 58.3 Å². The number of hydrogen-bond donors (Lipinski definition) is 2. The Morgan fingerprint density at radius 2 is 1.78 bits per heavy atom. The molecule has 0 bridgehead atoms. The third-order valence-corrected chi connectivity index (χ3v) is 4.15. The number of nitrogens with one attached hydrogen (secondary N) is 1. The third kappa shape index (κ3) is 2.96. The molecule has 0 unspecified atom stereocenters. The van der Waals surface area contributed by atoms with E-state index >= 15 is 0 Å². The van der Waals surface area contributed by atoms with Crippen LogP contribution in [0.4, 0.5) is 5.69 Å². The minimum absolute atomic E-state index is 0.00593. The highest BCUT2D eigenvalue weighted by Crippen LogP contribution is 2.37. The Morgan fingerprint density at radius 1 is 1.13 bits per heavy atom. The van der Waals surface area contributed by atoms with Crippen LogP contribution >= 0.6 is 0 Å². The summed E-state index contributed by atoms with van der Waals surface area (Å²) >= 11 is 0. The van der Waals surface area contributed by atoms with Gasteiger partial charge in [0.05, 0.1) is 25.9 Å². The van der Waals surface area contributed by atoms with Crippen molar-refractivity contribution in [3.63, 3.8) is 0 Å². The van der Waals surface area contributed by atoms with Crippen molar-refractivity contribution in [1.29, 1.82) is 0 Å². The number of hydrogen-bond acceptors (Lipinski definition) is 6. The zero-order chi connectivity index (χ0) is 16.4. The van der Waals surface area contributed by atoms with Crippen molar-refractivity contribution >= 4 is 5.69 Å². The van der Waals surface area contributed by atoms with E-state index in [9.17, 15) is 5.21 Å². The fraction of sp³-hybridized carbons (Fsp3) is 0.294. The summed E-state index contributed by atoms with van der Waals surface area (Å²) in [6, 6.07) is 10.9. The van der Waals surface area contributed by atoms with Crippen LogP contribution in [0.15, 0.2) is 36.4 Å². The van der Waals surface area contributed by atoms with E-state index in [1.165, 1.54) is 5.56 Å². The highest BCUT2D eigenvalue weighted by molar-refractivity contribution is 5.53. The zero-order valence-corrected chi connectivity index (χ0v) is 13.1. The van der Waals surface area contributed by atoms with E-state index < -0.39 is 0 Å². The van der Waals surface area contributed by atoms with E-state index in [1.807, 2.05) is 24.3 Å². The van der Waals surface area contributed by atoms with Crippen molar-refractivity contribution in [1.82, 2.24) is 5.32 Å². The molecule has 6 heteroatoms. The van der Waals surface area contributed by atoms with Gasteiger partial charge in [0.25, 0.3) is 0 Å². The first-order valence-electron chi connectivity index (χ1n) is 7.38. The lowest BCUT2D eigenvalue weighted by Crippen LogP contribution is -2.30. The molecule has 0 saturated heterocycles. The Hall–Kier alpha value is -2.28. The maximum atomic E-state index is 10.9. The number of benzene rings is 2. The van der Waals surface area contributed by atoms with Crippen LogP contribution in [0.3, 0.4) is 0 Å². The van der Waals surface area contributed by atoms with Gasteiger partial charge >= 0.3 is 0 Å². The average molecular weight is 315 g/mol. The number of methoxy groups -OCH3 is 2. The minimum Gasteiger partial charge on any atom is -0.733 e. The molecule has 23 heavy (non-hydrogen) atoms. The molecule has 1 aliphatic rings. The third-order valence-electron chi connectivity index (χ3n) is 4.15. The summed E-state index contributed by atoms with van der Waals surface area (Å²) in [4.78, 5) is 0. The molecule has 0 spiro atoms. The van der Waals surface area contributed by atoms with Crippen LogP contribution in [0, 0.1) is 5.21 Å². The molecule has 6 nitrogen and oxygen atoms in total. The van der Waals surface area contributed by atoms with Crippen LogP contribution in [0.5, 0.6) is 11.5 Å². The van der Waals surface area contributed by atoms with Crippen molar-refractivity contribution < 1.29 is 14.7 Å². The first kappa shape index (κ1) is 15.6. The monoisotopic (exact) mass is 315 g/mol. The number of rotatable bonds is 4. The second kappa shape index (κ2) is 6.45. The molecular formula is C17H19N2O4-. The van der Waals surface area contributed by atoms with Crippen molar-refractivity contribution in [2.75, 3.05) is 26.0 Å². The molecule has 0 aromatic heterocycles. The maximum absolute atomic E-state index is 10.9. The number of anilines is 1. The maximum Gasteiger partial charge on any atom is 0.161 e. The van der Waals surface area contributed by atoms with Crippen molar-refractivity contribution in [2.24, 2.45) is 0 Å². The summed E-state index contributed by atoms with van der Waals surface area (Å²) in [6.45, 7) is 0.850. The molecule has 1 atom stereocenters. The molecule has 2 N–H and O–H groups in total. The summed E-state index contributed by atoms with van der Waals surface area (Å²) in [5.74, 6) is 1.42. The normalized spacial score (nSPS) is 16.6. The zero-order valence-electron chi connectivity index (χ0n) is 13.1. The Labute approximate surface area is 134 Å². The lowest BCUT2D eigenvalue weighted by atomic mass is 9.89. The average Bonchev–Trinajstić information content (AvgIpc) is 2.60. The van der Waals surface area contributed by atoms with Gasteiger partial charge in [-0.2, -0.15) is 0 Å². The van der Waals surface area contributed by atoms with Crippen LogP contribution in [-0.4, -0.2) is 26.0 Å². The van der Waals surface area contributed by atoms with E-state index in [0.29, 0.717) is 5.75 Å². The highest BCUT2D eigenvalue weighted by atomic mass is 16.8. The fourth-order valence-electron chi connectivity index (χ4n) is 2.97. The molecule has 1 heterocycles. The van der Waals surface area contributed by atoms with E-state index in [0.717, 1.165) is 29.8 Å². The summed E-state index contributed by atoms with van der Waals surface area (Å²) in [7, 11) is 3.25. The molecule has 3 rings (SSSR count). The van der Waals surface area contributed by atoms with Gasteiger partial charge in [0.1, 0.15) is 0 Å². The lowest BCUT2D eigenvalue weighted by Gasteiger charge is -2.29. The van der Waals surface area contributed by atoms with Gasteiger partial charge in [-0.3, -0.25) is 5.21 Å². The largest absolute Gasteiger partial charge is 0.733 e. The predicted molar refractivity (Wildman–Crippen MR) is 87.2 cm³/mol. The van der Waals surface area contributed by atoms with Crippen LogP contribution < -0.4 is 20.0 Å². The Morgan fingerprint density at radius 3 is 2.39 bits per heavy atom. The number of fused-ring (bicyclic) bond motifs is 1.